The molecule has 1 heterocycles. The maximum Gasteiger partial charge on any atom is 0.323 e. The van der Waals surface area contributed by atoms with E-state index in [4.69, 9.17) is 0 Å². The van der Waals surface area contributed by atoms with Crippen molar-refractivity contribution >= 4 is 41.0 Å². The first-order valence-corrected chi connectivity index (χ1v) is 8.89. The third-order valence-corrected chi connectivity index (χ3v) is 6.11. The average Bonchev–Trinajstić information content (AvgIpc) is 2.49. The molecule has 2 N–H and O–H groups in total. The predicted octanol–water partition coefficient (Wildman–Crippen LogP) is 1.23. The zero-order valence-corrected chi connectivity index (χ0v) is 15.2. The summed E-state index contributed by atoms with van der Waals surface area (Å²) in [6.07, 6.45) is 1.00. The summed E-state index contributed by atoms with van der Waals surface area (Å²) in [7, 11) is -1.96. The molecule has 0 saturated carbocycles. The molecule has 130 valence electrons. The number of aliphatic carboxylic acids is 1. The number of carboxylic acid groups (broad SMARTS) is 1. The lowest BCUT2D eigenvalue weighted by atomic mass is 9.89. The van der Waals surface area contributed by atoms with E-state index in [1.165, 1.54) is 12.1 Å². The Balaban J connectivity index is 0.00000264. The Morgan fingerprint density at radius 2 is 1.83 bits per heavy atom. The average molecular weight is 381 g/mol. The van der Waals surface area contributed by atoms with Gasteiger partial charge in [-0.15, -0.1) is 12.4 Å². The molecule has 9 heteroatoms. The van der Waals surface area contributed by atoms with Crippen molar-refractivity contribution in [1.82, 2.24) is 9.62 Å². The van der Waals surface area contributed by atoms with Gasteiger partial charge in [0, 0.05) is 4.75 Å². The standard InChI is InChI=1S/C14H20N2O4S2.ClH/c1-16-9-7-14(21,8-10-16)12(13(17)18)15-22(19,20)11-5-3-2-4-6-11;/h2-6,12,15,21H,7-10H2,1H3,(H,17,18);1H/t12-;/m0./s1. The van der Waals surface area contributed by atoms with Gasteiger partial charge >= 0.3 is 5.97 Å². The van der Waals surface area contributed by atoms with Crippen molar-refractivity contribution in [2.75, 3.05) is 20.1 Å². The summed E-state index contributed by atoms with van der Waals surface area (Å²) < 4.78 is 26.2. The molecule has 1 aromatic rings. The number of piperidine rings is 1. The van der Waals surface area contributed by atoms with Crippen molar-refractivity contribution in [3.8, 4) is 0 Å². The quantitative estimate of drug-likeness (QED) is 0.669. The fourth-order valence-electron chi connectivity index (χ4n) is 2.51. The number of halogens is 1. The van der Waals surface area contributed by atoms with Gasteiger partial charge in [-0.05, 0) is 45.1 Å². The van der Waals surface area contributed by atoms with Crippen LogP contribution in [0.3, 0.4) is 0 Å². The summed E-state index contributed by atoms with van der Waals surface area (Å²) in [5, 5.41) is 9.48. The molecule has 0 spiro atoms. The zero-order valence-electron chi connectivity index (χ0n) is 12.7. The van der Waals surface area contributed by atoms with E-state index in [1.807, 2.05) is 7.05 Å². The molecule has 1 saturated heterocycles. The first-order chi connectivity index (χ1) is 10.2. The fourth-order valence-corrected chi connectivity index (χ4v) is 4.26. The van der Waals surface area contributed by atoms with Crippen LogP contribution < -0.4 is 4.72 Å². The summed E-state index contributed by atoms with van der Waals surface area (Å²) in [6.45, 7) is 1.36. The molecule has 1 aliphatic heterocycles. The van der Waals surface area contributed by atoms with E-state index in [0.29, 0.717) is 25.9 Å². The maximum atomic E-state index is 12.4. The predicted molar refractivity (Wildman–Crippen MR) is 93.9 cm³/mol. The van der Waals surface area contributed by atoms with E-state index in [0.717, 1.165) is 0 Å². The number of carboxylic acids is 1. The Morgan fingerprint density at radius 1 is 1.30 bits per heavy atom. The van der Waals surface area contributed by atoms with E-state index in [9.17, 15) is 18.3 Å². The SMILES string of the molecule is CN1CCC(S)([C@@H](NS(=O)(=O)c2ccccc2)C(=O)O)CC1.Cl. The lowest BCUT2D eigenvalue weighted by Gasteiger charge is -2.40. The number of benzene rings is 1. The van der Waals surface area contributed by atoms with Crippen molar-refractivity contribution in [1.29, 1.82) is 0 Å². The molecule has 0 bridgehead atoms. The topological polar surface area (TPSA) is 86.7 Å². The lowest BCUT2D eigenvalue weighted by Crippen LogP contribution is -2.57. The highest BCUT2D eigenvalue weighted by Crippen LogP contribution is 2.33. The highest BCUT2D eigenvalue weighted by atomic mass is 35.5. The minimum atomic E-state index is -3.90. The largest absolute Gasteiger partial charge is 0.480 e. The molecule has 0 amide bonds. The van der Waals surface area contributed by atoms with Gasteiger partial charge < -0.3 is 10.0 Å². The van der Waals surface area contributed by atoms with Crippen LogP contribution in [0.1, 0.15) is 12.8 Å². The summed E-state index contributed by atoms with van der Waals surface area (Å²) in [6, 6.07) is 6.48. The van der Waals surface area contributed by atoms with Gasteiger partial charge in [-0.2, -0.15) is 17.4 Å². The van der Waals surface area contributed by atoms with Crippen molar-refractivity contribution in [3.63, 3.8) is 0 Å². The number of hydrogen-bond donors (Lipinski definition) is 3. The smallest absolute Gasteiger partial charge is 0.323 e. The van der Waals surface area contributed by atoms with Crippen molar-refractivity contribution in [2.24, 2.45) is 0 Å². The van der Waals surface area contributed by atoms with Crippen LogP contribution in [-0.4, -0.2) is 55.3 Å². The van der Waals surface area contributed by atoms with E-state index >= 15 is 0 Å². The molecule has 23 heavy (non-hydrogen) atoms. The second-order valence-corrected chi connectivity index (χ2v) is 8.22. The molecule has 0 aromatic heterocycles. The number of rotatable bonds is 5. The van der Waals surface area contributed by atoms with Crippen molar-refractivity contribution in [3.05, 3.63) is 30.3 Å². The lowest BCUT2D eigenvalue weighted by molar-refractivity contribution is -0.140. The fraction of sp³-hybridized carbons (Fsp3) is 0.500. The van der Waals surface area contributed by atoms with E-state index < -0.39 is 26.8 Å². The van der Waals surface area contributed by atoms with E-state index in [-0.39, 0.29) is 17.3 Å². The van der Waals surface area contributed by atoms with Gasteiger partial charge in [0.15, 0.2) is 0 Å². The highest BCUT2D eigenvalue weighted by Gasteiger charge is 2.44. The van der Waals surface area contributed by atoms with Crippen LogP contribution in [-0.2, 0) is 14.8 Å². The van der Waals surface area contributed by atoms with E-state index in [2.05, 4.69) is 22.3 Å². The van der Waals surface area contributed by atoms with Crippen LogP contribution in [0.15, 0.2) is 35.2 Å². The minimum Gasteiger partial charge on any atom is -0.480 e. The van der Waals surface area contributed by atoms with Gasteiger partial charge in [0.25, 0.3) is 0 Å². The number of hydrogen-bond acceptors (Lipinski definition) is 5. The monoisotopic (exact) mass is 380 g/mol. The Bertz CT molecular complexity index is 631. The number of likely N-dealkylation sites (tertiary alicyclic amines) is 1. The van der Waals surface area contributed by atoms with Crippen LogP contribution in [0.25, 0.3) is 0 Å². The molecule has 1 atom stereocenters. The van der Waals surface area contributed by atoms with Crippen LogP contribution in [0, 0.1) is 0 Å². The summed E-state index contributed by atoms with van der Waals surface area (Å²) in [4.78, 5) is 13.7. The molecule has 1 aromatic carbocycles. The first-order valence-electron chi connectivity index (χ1n) is 6.96. The van der Waals surface area contributed by atoms with Crippen LogP contribution in [0.5, 0.6) is 0 Å². The van der Waals surface area contributed by atoms with Gasteiger partial charge in [-0.1, -0.05) is 18.2 Å². The van der Waals surface area contributed by atoms with Gasteiger partial charge in [0.2, 0.25) is 10.0 Å². The van der Waals surface area contributed by atoms with Gasteiger partial charge in [0.1, 0.15) is 6.04 Å². The molecule has 1 aliphatic rings. The number of nitrogens with one attached hydrogen (secondary N) is 1. The van der Waals surface area contributed by atoms with Crippen LogP contribution in [0.4, 0.5) is 0 Å². The summed E-state index contributed by atoms with van der Waals surface area (Å²) in [5.41, 5.74) is 0. The third-order valence-electron chi connectivity index (χ3n) is 3.96. The normalized spacial score (nSPS) is 19.6. The minimum absolute atomic E-state index is 0. The van der Waals surface area contributed by atoms with Gasteiger partial charge in [-0.3, -0.25) is 4.79 Å². The Hall–Kier alpha value is -0.800. The number of nitrogens with zero attached hydrogens (tertiary/aromatic N) is 1. The van der Waals surface area contributed by atoms with Crippen LogP contribution in [0.2, 0.25) is 0 Å². The Labute approximate surface area is 148 Å². The second kappa shape index (κ2) is 7.85. The molecule has 6 nitrogen and oxygen atoms in total. The molecular formula is C14H21ClN2O4S2. The molecule has 1 fully saturated rings. The maximum absolute atomic E-state index is 12.4. The van der Waals surface area contributed by atoms with Crippen molar-refractivity contribution < 1.29 is 18.3 Å². The van der Waals surface area contributed by atoms with Crippen LogP contribution >= 0.6 is 25.0 Å². The first kappa shape index (κ1) is 20.2. The molecule has 2 rings (SSSR count). The summed E-state index contributed by atoms with van der Waals surface area (Å²) >= 11 is 4.51. The number of thiol groups is 1. The Kier molecular flexibility index (Phi) is 6.91. The van der Waals surface area contributed by atoms with Gasteiger partial charge in [0.05, 0.1) is 4.90 Å². The zero-order chi connectivity index (χ0) is 16.4. The highest BCUT2D eigenvalue weighted by molar-refractivity contribution is 7.89. The molecule has 0 unspecified atom stereocenters. The number of sulfonamides is 1. The Morgan fingerprint density at radius 3 is 2.30 bits per heavy atom. The second-order valence-electron chi connectivity index (χ2n) is 5.61. The third kappa shape index (κ3) is 4.84. The molecular weight excluding hydrogens is 360 g/mol. The molecule has 0 radical (unpaired) electrons. The molecule has 0 aliphatic carbocycles. The van der Waals surface area contributed by atoms with Crippen molar-refractivity contribution in [2.45, 2.75) is 28.5 Å². The number of carbonyl (C=O) groups is 1. The summed E-state index contributed by atoms with van der Waals surface area (Å²) in [5.74, 6) is -1.21. The van der Waals surface area contributed by atoms with E-state index in [1.54, 1.807) is 18.2 Å². The van der Waals surface area contributed by atoms with Gasteiger partial charge in [-0.25, -0.2) is 8.42 Å².